The molecular weight excluding hydrogens is 271 g/mol. The fraction of sp³-hybridized carbons (Fsp3) is 0.538. The van der Waals surface area contributed by atoms with Crippen LogP contribution >= 0.6 is 24.8 Å². The van der Waals surface area contributed by atoms with E-state index < -0.39 is 0 Å². The summed E-state index contributed by atoms with van der Waals surface area (Å²) in [7, 11) is 4.16. The summed E-state index contributed by atoms with van der Waals surface area (Å²) < 4.78 is 5.56. The van der Waals surface area contributed by atoms with Crippen molar-refractivity contribution in [1.82, 2.24) is 10.2 Å². The maximum atomic E-state index is 5.56. The zero-order valence-electron chi connectivity index (χ0n) is 11.3. The first-order valence-corrected chi connectivity index (χ1v) is 5.80. The van der Waals surface area contributed by atoms with Crippen LogP contribution in [0.15, 0.2) is 24.3 Å². The number of likely N-dealkylation sites (N-methyl/N-ethyl adjacent to an activating group) is 1. The Bertz CT molecular complexity index is 309. The molecule has 1 aromatic rings. The summed E-state index contributed by atoms with van der Waals surface area (Å²) in [5.74, 6) is 0.988. The number of ether oxygens (including phenoxy) is 1. The van der Waals surface area contributed by atoms with Crippen molar-refractivity contribution in [2.45, 2.75) is 13.5 Å². The molecule has 0 aliphatic carbocycles. The summed E-state index contributed by atoms with van der Waals surface area (Å²) in [6, 6.07) is 8.18. The molecule has 0 saturated heterocycles. The Morgan fingerprint density at radius 3 is 2.44 bits per heavy atom. The molecule has 0 bridgehead atoms. The number of rotatable bonds is 7. The number of hydrogen-bond donors (Lipinski definition) is 1. The Balaban J connectivity index is 0. The first-order valence-electron chi connectivity index (χ1n) is 5.80. The molecule has 1 aromatic carbocycles. The van der Waals surface area contributed by atoms with Crippen LogP contribution in [-0.2, 0) is 6.54 Å². The van der Waals surface area contributed by atoms with Crippen molar-refractivity contribution in [2.75, 3.05) is 33.8 Å². The van der Waals surface area contributed by atoms with E-state index in [9.17, 15) is 0 Å². The van der Waals surface area contributed by atoms with Gasteiger partial charge in [0.15, 0.2) is 0 Å². The number of benzene rings is 1. The second kappa shape index (κ2) is 11.6. The highest BCUT2D eigenvalue weighted by Gasteiger charge is 2.01. The van der Waals surface area contributed by atoms with Crippen LogP contribution in [0.4, 0.5) is 0 Å². The number of halogens is 2. The molecule has 0 unspecified atom stereocenters. The van der Waals surface area contributed by atoms with Gasteiger partial charge in [0.05, 0.1) is 6.61 Å². The standard InChI is InChI=1S/C13H22N2O.2ClH/c1-4-16-13-8-6-5-7-12(13)11-14-9-10-15(2)3;;/h5-8,14H,4,9-11H2,1-3H3;2*1H. The van der Waals surface area contributed by atoms with Crippen LogP contribution in [0, 0.1) is 0 Å². The average Bonchev–Trinajstić information content (AvgIpc) is 2.26. The van der Waals surface area contributed by atoms with E-state index in [1.54, 1.807) is 0 Å². The summed E-state index contributed by atoms with van der Waals surface area (Å²) in [5, 5.41) is 3.41. The molecule has 0 fully saturated rings. The van der Waals surface area contributed by atoms with Crippen LogP contribution in [0.1, 0.15) is 12.5 Å². The lowest BCUT2D eigenvalue weighted by molar-refractivity contribution is 0.334. The molecule has 0 heterocycles. The molecule has 0 atom stereocenters. The van der Waals surface area contributed by atoms with E-state index in [4.69, 9.17) is 4.74 Å². The van der Waals surface area contributed by atoms with Gasteiger partial charge in [0.2, 0.25) is 0 Å². The molecule has 0 aromatic heterocycles. The van der Waals surface area contributed by atoms with Crippen molar-refractivity contribution in [3.05, 3.63) is 29.8 Å². The highest BCUT2D eigenvalue weighted by molar-refractivity contribution is 5.85. The minimum Gasteiger partial charge on any atom is -0.494 e. The fourth-order valence-corrected chi connectivity index (χ4v) is 1.47. The molecule has 18 heavy (non-hydrogen) atoms. The summed E-state index contributed by atoms with van der Waals surface area (Å²) in [6.07, 6.45) is 0. The minimum absolute atomic E-state index is 0. The summed E-state index contributed by atoms with van der Waals surface area (Å²) in [4.78, 5) is 2.17. The van der Waals surface area contributed by atoms with Gasteiger partial charge in [-0.2, -0.15) is 0 Å². The van der Waals surface area contributed by atoms with Crippen LogP contribution in [-0.4, -0.2) is 38.7 Å². The summed E-state index contributed by atoms with van der Waals surface area (Å²) in [5.41, 5.74) is 1.23. The second-order valence-electron chi connectivity index (χ2n) is 4.02. The summed E-state index contributed by atoms with van der Waals surface area (Å²) in [6.45, 7) is 5.64. The van der Waals surface area contributed by atoms with Gasteiger partial charge in [0.25, 0.3) is 0 Å². The molecule has 106 valence electrons. The SMILES string of the molecule is CCOc1ccccc1CNCCN(C)C.Cl.Cl. The average molecular weight is 295 g/mol. The zero-order valence-corrected chi connectivity index (χ0v) is 12.9. The maximum absolute atomic E-state index is 5.56. The third kappa shape index (κ3) is 7.77. The number of hydrogen-bond acceptors (Lipinski definition) is 3. The molecule has 1 N–H and O–H groups in total. The van der Waals surface area contributed by atoms with Gasteiger partial charge in [-0.05, 0) is 27.1 Å². The molecule has 0 aliphatic heterocycles. The van der Waals surface area contributed by atoms with Gasteiger partial charge in [-0.15, -0.1) is 24.8 Å². The normalized spacial score (nSPS) is 9.56. The molecule has 0 aliphatic rings. The van der Waals surface area contributed by atoms with E-state index in [1.165, 1.54) is 5.56 Å². The Kier molecular flexibility index (Phi) is 12.8. The van der Waals surface area contributed by atoms with Crippen molar-refractivity contribution < 1.29 is 4.74 Å². The molecule has 0 amide bonds. The van der Waals surface area contributed by atoms with Gasteiger partial charge in [0.1, 0.15) is 5.75 Å². The lowest BCUT2D eigenvalue weighted by atomic mass is 10.2. The van der Waals surface area contributed by atoms with E-state index in [2.05, 4.69) is 30.4 Å². The Hall–Kier alpha value is -0.480. The molecule has 0 spiro atoms. The van der Waals surface area contributed by atoms with Crippen molar-refractivity contribution in [2.24, 2.45) is 0 Å². The van der Waals surface area contributed by atoms with E-state index in [1.807, 2.05) is 25.1 Å². The molecule has 3 nitrogen and oxygen atoms in total. The van der Waals surface area contributed by atoms with Crippen molar-refractivity contribution in [3.8, 4) is 5.75 Å². The van der Waals surface area contributed by atoms with Crippen molar-refractivity contribution in [3.63, 3.8) is 0 Å². The molecular formula is C13H24Cl2N2O. The van der Waals surface area contributed by atoms with E-state index in [-0.39, 0.29) is 24.8 Å². The molecule has 0 saturated carbocycles. The second-order valence-corrected chi connectivity index (χ2v) is 4.02. The molecule has 5 heteroatoms. The van der Waals surface area contributed by atoms with Crippen LogP contribution in [0.5, 0.6) is 5.75 Å². The van der Waals surface area contributed by atoms with E-state index >= 15 is 0 Å². The molecule has 0 radical (unpaired) electrons. The lowest BCUT2D eigenvalue weighted by Crippen LogP contribution is -2.26. The third-order valence-corrected chi connectivity index (χ3v) is 2.32. The van der Waals surface area contributed by atoms with Gasteiger partial charge in [-0.25, -0.2) is 0 Å². The van der Waals surface area contributed by atoms with Gasteiger partial charge in [0, 0.05) is 25.2 Å². The number of para-hydroxylation sites is 1. The monoisotopic (exact) mass is 294 g/mol. The minimum atomic E-state index is 0. The number of nitrogens with one attached hydrogen (secondary N) is 1. The van der Waals surface area contributed by atoms with Crippen LogP contribution < -0.4 is 10.1 Å². The Labute approximate surface area is 123 Å². The van der Waals surface area contributed by atoms with Crippen LogP contribution in [0.2, 0.25) is 0 Å². The lowest BCUT2D eigenvalue weighted by Gasteiger charge is -2.12. The first-order chi connectivity index (χ1) is 7.74. The highest BCUT2D eigenvalue weighted by Crippen LogP contribution is 2.17. The Morgan fingerprint density at radius 2 is 1.83 bits per heavy atom. The predicted octanol–water partition coefficient (Wildman–Crippen LogP) is 2.58. The fourth-order valence-electron chi connectivity index (χ4n) is 1.47. The smallest absolute Gasteiger partial charge is 0.123 e. The topological polar surface area (TPSA) is 24.5 Å². The van der Waals surface area contributed by atoms with Gasteiger partial charge in [-0.3, -0.25) is 0 Å². The zero-order chi connectivity index (χ0) is 11.8. The largest absolute Gasteiger partial charge is 0.494 e. The first kappa shape index (κ1) is 19.9. The van der Waals surface area contributed by atoms with E-state index in [0.29, 0.717) is 6.61 Å². The highest BCUT2D eigenvalue weighted by atomic mass is 35.5. The number of nitrogens with zero attached hydrogens (tertiary/aromatic N) is 1. The van der Waals surface area contributed by atoms with Crippen LogP contribution in [0.25, 0.3) is 0 Å². The van der Waals surface area contributed by atoms with E-state index in [0.717, 1.165) is 25.4 Å². The third-order valence-electron chi connectivity index (χ3n) is 2.32. The van der Waals surface area contributed by atoms with Crippen molar-refractivity contribution >= 4 is 24.8 Å². The molecule has 1 rings (SSSR count). The van der Waals surface area contributed by atoms with Crippen LogP contribution in [0.3, 0.4) is 0 Å². The van der Waals surface area contributed by atoms with Gasteiger partial charge in [-0.1, -0.05) is 18.2 Å². The van der Waals surface area contributed by atoms with Crippen molar-refractivity contribution in [1.29, 1.82) is 0 Å². The summed E-state index contributed by atoms with van der Waals surface area (Å²) >= 11 is 0. The predicted molar refractivity (Wildman–Crippen MR) is 82.4 cm³/mol. The maximum Gasteiger partial charge on any atom is 0.123 e. The Morgan fingerprint density at radius 1 is 1.17 bits per heavy atom. The van der Waals surface area contributed by atoms with Gasteiger partial charge >= 0.3 is 0 Å². The quantitative estimate of drug-likeness (QED) is 0.783. The van der Waals surface area contributed by atoms with Gasteiger partial charge < -0.3 is 15.0 Å².